The monoisotopic (exact) mass is 142 g/mol. The van der Waals surface area contributed by atoms with Gasteiger partial charge in [0.1, 0.15) is 0 Å². The minimum Gasteiger partial charge on any atom is -0.392 e. The second kappa shape index (κ2) is 2.62. The van der Waals surface area contributed by atoms with Crippen molar-refractivity contribution in [2.45, 2.75) is 6.42 Å². The first kappa shape index (κ1) is 6.95. The van der Waals surface area contributed by atoms with Gasteiger partial charge in [-0.2, -0.15) is 0 Å². The maximum Gasteiger partial charge on any atom is 0.342 e. The summed E-state index contributed by atoms with van der Waals surface area (Å²) < 4.78 is 4.17. The third-order valence-electron chi connectivity index (χ3n) is 1.14. The number of aliphatic hydroxyl groups is 1. The Labute approximate surface area is 57.1 Å². The Morgan fingerprint density at radius 3 is 2.70 bits per heavy atom. The van der Waals surface area contributed by atoms with Crippen molar-refractivity contribution in [3.63, 3.8) is 0 Å². The van der Waals surface area contributed by atoms with Gasteiger partial charge in [0.2, 0.25) is 0 Å². The highest BCUT2D eigenvalue weighted by Gasteiger charge is 2.26. The van der Waals surface area contributed by atoms with Gasteiger partial charge in [0.15, 0.2) is 0 Å². The number of cyclic esters (lactones) is 2. The summed E-state index contributed by atoms with van der Waals surface area (Å²) in [5.41, 5.74) is 0.243. The van der Waals surface area contributed by atoms with Crippen molar-refractivity contribution >= 4 is 11.9 Å². The molecule has 1 aliphatic rings. The van der Waals surface area contributed by atoms with Crippen LogP contribution in [0.4, 0.5) is 0 Å². The molecule has 1 aliphatic heterocycles. The lowest BCUT2D eigenvalue weighted by molar-refractivity contribution is -0.151. The van der Waals surface area contributed by atoms with Crippen LogP contribution < -0.4 is 0 Å². The summed E-state index contributed by atoms with van der Waals surface area (Å²) >= 11 is 0. The molecule has 4 heteroatoms. The van der Waals surface area contributed by atoms with Gasteiger partial charge >= 0.3 is 11.9 Å². The molecule has 0 atom stereocenters. The zero-order chi connectivity index (χ0) is 7.56. The Balaban J connectivity index is 2.72. The molecule has 0 saturated carbocycles. The third-order valence-corrected chi connectivity index (χ3v) is 1.14. The molecule has 0 radical (unpaired) electrons. The van der Waals surface area contributed by atoms with Crippen LogP contribution in [0, 0.1) is 0 Å². The summed E-state index contributed by atoms with van der Waals surface area (Å²) in [6.45, 7) is -0.238. The van der Waals surface area contributed by atoms with Crippen LogP contribution in [0.1, 0.15) is 6.42 Å². The van der Waals surface area contributed by atoms with Gasteiger partial charge in [-0.15, -0.1) is 0 Å². The van der Waals surface area contributed by atoms with E-state index in [2.05, 4.69) is 4.74 Å². The van der Waals surface area contributed by atoms with E-state index >= 15 is 0 Å². The first-order chi connectivity index (χ1) is 4.74. The van der Waals surface area contributed by atoms with Crippen LogP contribution in [0.15, 0.2) is 11.6 Å². The van der Waals surface area contributed by atoms with Gasteiger partial charge in [0.05, 0.1) is 13.0 Å². The van der Waals surface area contributed by atoms with E-state index in [-0.39, 0.29) is 18.6 Å². The Morgan fingerprint density at radius 1 is 1.60 bits per heavy atom. The summed E-state index contributed by atoms with van der Waals surface area (Å²) in [5.74, 6) is -1.19. The second-order valence-electron chi connectivity index (χ2n) is 1.85. The Kier molecular flexibility index (Phi) is 1.82. The number of rotatable bonds is 1. The second-order valence-corrected chi connectivity index (χ2v) is 1.85. The highest BCUT2D eigenvalue weighted by Crippen LogP contribution is 2.13. The summed E-state index contributed by atoms with van der Waals surface area (Å²) in [6.07, 6.45) is 1.26. The largest absolute Gasteiger partial charge is 0.392 e. The van der Waals surface area contributed by atoms with Crippen molar-refractivity contribution in [3.8, 4) is 0 Å². The molecule has 4 nitrogen and oxygen atoms in total. The molecule has 0 aliphatic carbocycles. The van der Waals surface area contributed by atoms with Crippen molar-refractivity contribution < 1.29 is 19.4 Å². The lowest BCUT2D eigenvalue weighted by Crippen LogP contribution is -1.97. The number of ether oxygens (including phenoxy) is 1. The van der Waals surface area contributed by atoms with Gasteiger partial charge in [-0.25, -0.2) is 4.79 Å². The molecule has 0 aromatic rings. The molecule has 10 heavy (non-hydrogen) atoms. The van der Waals surface area contributed by atoms with Crippen LogP contribution in [-0.2, 0) is 14.3 Å². The standard InChI is InChI=1S/C6H6O4/c7-2-1-4-3-5(8)10-6(4)9/h1,7H,2-3H2. The van der Waals surface area contributed by atoms with Gasteiger partial charge < -0.3 is 9.84 Å². The molecule has 0 amide bonds. The van der Waals surface area contributed by atoms with Crippen molar-refractivity contribution in [3.05, 3.63) is 11.6 Å². The number of hydrogen-bond acceptors (Lipinski definition) is 4. The van der Waals surface area contributed by atoms with E-state index < -0.39 is 11.9 Å². The molecule has 54 valence electrons. The summed E-state index contributed by atoms with van der Waals surface area (Å²) in [6, 6.07) is 0. The minimum atomic E-state index is -0.640. The fourth-order valence-electron chi connectivity index (χ4n) is 0.698. The number of esters is 2. The molecule has 0 spiro atoms. The fraction of sp³-hybridized carbons (Fsp3) is 0.333. The van der Waals surface area contributed by atoms with Crippen LogP contribution in [0.2, 0.25) is 0 Å². The summed E-state index contributed by atoms with van der Waals surface area (Å²) in [4.78, 5) is 20.9. The van der Waals surface area contributed by atoms with E-state index in [1.807, 2.05) is 0 Å². The quantitative estimate of drug-likeness (QED) is 0.301. The van der Waals surface area contributed by atoms with E-state index in [0.29, 0.717) is 0 Å². The maximum atomic E-state index is 10.6. The predicted molar refractivity (Wildman–Crippen MR) is 30.9 cm³/mol. The third kappa shape index (κ3) is 1.22. The molecule has 1 rings (SSSR count). The average Bonchev–Trinajstić information content (AvgIpc) is 2.13. The smallest absolute Gasteiger partial charge is 0.342 e. The van der Waals surface area contributed by atoms with E-state index in [1.165, 1.54) is 6.08 Å². The molecule has 0 aromatic heterocycles. The number of carbonyl (C=O) groups excluding carboxylic acids is 2. The van der Waals surface area contributed by atoms with Crippen LogP contribution in [0.5, 0.6) is 0 Å². The highest BCUT2D eigenvalue weighted by atomic mass is 16.6. The first-order valence-corrected chi connectivity index (χ1v) is 2.79. The Morgan fingerprint density at radius 2 is 2.30 bits per heavy atom. The molecular formula is C6H6O4. The Hall–Kier alpha value is -1.16. The zero-order valence-electron chi connectivity index (χ0n) is 5.16. The predicted octanol–water partition coefficient (Wildman–Crippen LogP) is -0.621. The van der Waals surface area contributed by atoms with E-state index in [9.17, 15) is 9.59 Å². The van der Waals surface area contributed by atoms with Gasteiger partial charge in [-0.05, 0) is 6.08 Å². The molecule has 1 saturated heterocycles. The van der Waals surface area contributed by atoms with Crippen LogP contribution in [-0.4, -0.2) is 23.7 Å². The first-order valence-electron chi connectivity index (χ1n) is 2.79. The molecule has 1 heterocycles. The molecular weight excluding hydrogens is 136 g/mol. The summed E-state index contributed by atoms with van der Waals surface area (Å²) in [5, 5.41) is 8.34. The van der Waals surface area contributed by atoms with E-state index in [4.69, 9.17) is 5.11 Å². The van der Waals surface area contributed by atoms with Crippen LogP contribution in [0.25, 0.3) is 0 Å². The topological polar surface area (TPSA) is 63.6 Å². The van der Waals surface area contributed by atoms with Crippen molar-refractivity contribution in [1.29, 1.82) is 0 Å². The minimum absolute atomic E-state index is 0.0145. The molecule has 1 N–H and O–H groups in total. The maximum absolute atomic E-state index is 10.6. The normalized spacial score (nSPS) is 21.9. The van der Waals surface area contributed by atoms with Gasteiger partial charge in [0.25, 0.3) is 0 Å². The van der Waals surface area contributed by atoms with E-state index in [0.717, 1.165) is 0 Å². The lowest BCUT2D eigenvalue weighted by Gasteiger charge is -1.84. The van der Waals surface area contributed by atoms with Gasteiger partial charge in [0, 0.05) is 5.57 Å². The van der Waals surface area contributed by atoms with Crippen LogP contribution >= 0.6 is 0 Å². The van der Waals surface area contributed by atoms with Crippen LogP contribution in [0.3, 0.4) is 0 Å². The molecule has 1 fully saturated rings. The van der Waals surface area contributed by atoms with Crippen molar-refractivity contribution in [1.82, 2.24) is 0 Å². The fourth-order valence-corrected chi connectivity index (χ4v) is 0.698. The molecule has 0 bridgehead atoms. The van der Waals surface area contributed by atoms with E-state index in [1.54, 1.807) is 0 Å². The molecule has 0 unspecified atom stereocenters. The lowest BCUT2D eigenvalue weighted by atomic mass is 10.2. The van der Waals surface area contributed by atoms with Gasteiger partial charge in [-0.3, -0.25) is 4.79 Å². The average molecular weight is 142 g/mol. The Bertz CT molecular complexity index is 204. The van der Waals surface area contributed by atoms with Gasteiger partial charge in [-0.1, -0.05) is 0 Å². The van der Waals surface area contributed by atoms with Crippen molar-refractivity contribution in [2.24, 2.45) is 0 Å². The number of aliphatic hydroxyl groups excluding tert-OH is 1. The SMILES string of the molecule is O=C1CC(=CCO)C(=O)O1. The zero-order valence-corrected chi connectivity index (χ0v) is 5.16. The number of carbonyl (C=O) groups is 2. The molecule has 0 aromatic carbocycles. The summed E-state index contributed by atoms with van der Waals surface area (Å²) in [7, 11) is 0. The highest BCUT2D eigenvalue weighted by molar-refractivity contribution is 6.05. The number of hydrogen-bond donors (Lipinski definition) is 1. The van der Waals surface area contributed by atoms with Crippen molar-refractivity contribution in [2.75, 3.05) is 6.61 Å².